The Morgan fingerprint density at radius 2 is 1.89 bits per heavy atom. The molecule has 0 bridgehead atoms. The highest BCUT2D eigenvalue weighted by molar-refractivity contribution is 5.97. The minimum atomic E-state index is 0.254. The zero-order valence-electron chi connectivity index (χ0n) is 11.2. The summed E-state index contributed by atoms with van der Waals surface area (Å²) in [5.74, 6) is 0.254. The molecule has 1 unspecified atom stereocenters. The molecule has 4 rings (SSSR count). The Balaban J connectivity index is 1.79. The van der Waals surface area contributed by atoms with Crippen LogP contribution in [0.5, 0.6) is 0 Å². The van der Waals surface area contributed by atoms with Crippen molar-refractivity contribution in [1.82, 2.24) is 4.90 Å². The molecule has 0 saturated carbocycles. The van der Waals surface area contributed by atoms with Crippen LogP contribution in [0.3, 0.4) is 0 Å². The molecule has 1 atom stereocenters. The summed E-state index contributed by atoms with van der Waals surface area (Å²) in [5.41, 5.74) is 5.44. The van der Waals surface area contributed by atoms with E-state index in [-0.39, 0.29) is 5.91 Å². The second-order valence-corrected chi connectivity index (χ2v) is 5.96. The lowest BCUT2D eigenvalue weighted by molar-refractivity contribution is 0.0660. The van der Waals surface area contributed by atoms with Crippen molar-refractivity contribution >= 4 is 5.91 Å². The number of benzene rings is 1. The Hall–Kier alpha value is -1.57. The van der Waals surface area contributed by atoms with Gasteiger partial charge in [0.2, 0.25) is 0 Å². The molecule has 3 aliphatic rings. The number of hydrogen-bond donors (Lipinski definition) is 0. The predicted molar refractivity (Wildman–Crippen MR) is 75.1 cm³/mol. The zero-order chi connectivity index (χ0) is 12.8. The van der Waals surface area contributed by atoms with Gasteiger partial charge in [0.1, 0.15) is 0 Å². The summed E-state index contributed by atoms with van der Waals surface area (Å²) in [4.78, 5) is 14.8. The topological polar surface area (TPSA) is 20.3 Å². The molecule has 2 heterocycles. The summed E-state index contributed by atoms with van der Waals surface area (Å²) in [6.07, 6.45) is 7.27. The van der Waals surface area contributed by atoms with Crippen LogP contribution in [-0.4, -0.2) is 23.4 Å². The van der Waals surface area contributed by atoms with Gasteiger partial charge in [0.15, 0.2) is 0 Å². The largest absolute Gasteiger partial charge is 0.331 e. The molecular weight excluding hydrogens is 234 g/mol. The van der Waals surface area contributed by atoms with Gasteiger partial charge in [0.05, 0.1) is 6.04 Å². The molecule has 0 aromatic heterocycles. The van der Waals surface area contributed by atoms with Gasteiger partial charge in [-0.25, -0.2) is 0 Å². The van der Waals surface area contributed by atoms with Gasteiger partial charge in [0, 0.05) is 12.1 Å². The summed E-state index contributed by atoms with van der Waals surface area (Å²) < 4.78 is 0. The second-order valence-electron chi connectivity index (χ2n) is 5.96. The van der Waals surface area contributed by atoms with Gasteiger partial charge in [-0.15, -0.1) is 0 Å². The molecule has 2 heteroatoms. The van der Waals surface area contributed by atoms with E-state index >= 15 is 0 Å². The van der Waals surface area contributed by atoms with Gasteiger partial charge in [-0.05, 0) is 55.7 Å². The summed E-state index contributed by atoms with van der Waals surface area (Å²) in [6.45, 7) is 0.927. The quantitative estimate of drug-likeness (QED) is 0.649. The Labute approximate surface area is 114 Å². The maximum Gasteiger partial charge on any atom is 0.254 e. The van der Waals surface area contributed by atoms with E-state index in [1.165, 1.54) is 31.2 Å². The summed E-state index contributed by atoms with van der Waals surface area (Å²) in [7, 11) is 0. The van der Waals surface area contributed by atoms with Crippen molar-refractivity contribution < 1.29 is 4.79 Å². The van der Waals surface area contributed by atoms with Crippen molar-refractivity contribution in [2.24, 2.45) is 0 Å². The first-order valence-electron chi connectivity index (χ1n) is 7.44. The summed E-state index contributed by atoms with van der Waals surface area (Å²) >= 11 is 0. The maximum atomic E-state index is 12.6. The summed E-state index contributed by atoms with van der Waals surface area (Å²) in [6, 6.07) is 8.51. The number of fused-ring (bicyclic) bond motifs is 3. The van der Waals surface area contributed by atoms with Crippen LogP contribution < -0.4 is 0 Å². The van der Waals surface area contributed by atoms with Gasteiger partial charge in [0.25, 0.3) is 5.91 Å². The van der Waals surface area contributed by atoms with Crippen molar-refractivity contribution in [3.63, 3.8) is 0 Å². The second kappa shape index (κ2) is 4.22. The van der Waals surface area contributed by atoms with Crippen LogP contribution in [0.4, 0.5) is 0 Å². The number of rotatable bonds is 0. The minimum Gasteiger partial charge on any atom is -0.331 e. The molecule has 2 aliphatic heterocycles. The SMILES string of the molecule is O=C1c2ccccc2CC2C3=C(CCCC3)CCN12. The molecule has 1 aromatic carbocycles. The summed E-state index contributed by atoms with van der Waals surface area (Å²) in [5, 5.41) is 0. The normalized spacial score (nSPS) is 25.8. The highest BCUT2D eigenvalue weighted by atomic mass is 16.2. The van der Waals surface area contributed by atoms with E-state index < -0.39 is 0 Å². The molecule has 0 radical (unpaired) electrons. The van der Waals surface area contributed by atoms with Crippen LogP contribution in [0.1, 0.15) is 48.0 Å². The lowest BCUT2D eigenvalue weighted by Gasteiger charge is -2.44. The minimum absolute atomic E-state index is 0.254. The number of carbonyl (C=O) groups is 1. The highest BCUT2D eigenvalue weighted by Gasteiger charge is 2.37. The van der Waals surface area contributed by atoms with Gasteiger partial charge >= 0.3 is 0 Å². The average molecular weight is 253 g/mol. The van der Waals surface area contributed by atoms with Crippen molar-refractivity contribution in [3.8, 4) is 0 Å². The molecule has 98 valence electrons. The lowest BCUT2D eigenvalue weighted by atomic mass is 9.78. The first-order chi connectivity index (χ1) is 9.34. The molecule has 2 nitrogen and oxygen atoms in total. The molecule has 0 N–H and O–H groups in total. The van der Waals surface area contributed by atoms with Gasteiger partial charge in [-0.1, -0.05) is 23.8 Å². The molecule has 0 saturated heterocycles. The molecular formula is C17H19NO. The fraction of sp³-hybridized carbons (Fsp3) is 0.471. The Morgan fingerprint density at radius 1 is 1.05 bits per heavy atom. The Bertz CT molecular complexity index is 572. The van der Waals surface area contributed by atoms with Crippen LogP contribution >= 0.6 is 0 Å². The Kier molecular flexibility index (Phi) is 2.51. The van der Waals surface area contributed by atoms with Crippen LogP contribution in [0, 0.1) is 0 Å². The number of nitrogens with zero attached hydrogens (tertiary/aromatic N) is 1. The van der Waals surface area contributed by atoms with Crippen molar-refractivity contribution in [1.29, 1.82) is 0 Å². The van der Waals surface area contributed by atoms with E-state index in [4.69, 9.17) is 0 Å². The monoisotopic (exact) mass is 253 g/mol. The molecule has 1 aromatic rings. The zero-order valence-corrected chi connectivity index (χ0v) is 11.2. The molecule has 1 amide bonds. The van der Waals surface area contributed by atoms with E-state index in [0.29, 0.717) is 6.04 Å². The van der Waals surface area contributed by atoms with Crippen molar-refractivity contribution in [2.75, 3.05) is 6.54 Å². The Morgan fingerprint density at radius 3 is 2.84 bits per heavy atom. The number of hydrogen-bond acceptors (Lipinski definition) is 1. The lowest BCUT2D eigenvalue weighted by Crippen LogP contribution is -2.50. The van der Waals surface area contributed by atoms with E-state index in [2.05, 4.69) is 17.0 Å². The van der Waals surface area contributed by atoms with Crippen LogP contribution in [0.2, 0.25) is 0 Å². The smallest absolute Gasteiger partial charge is 0.254 e. The van der Waals surface area contributed by atoms with Gasteiger partial charge in [-0.2, -0.15) is 0 Å². The first kappa shape index (κ1) is 11.3. The van der Waals surface area contributed by atoms with Gasteiger partial charge in [-0.3, -0.25) is 4.79 Å². The predicted octanol–water partition coefficient (Wildman–Crippen LogP) is 3.33. The van der Waals surface area contributed by atoms with E-state index in [1.807, 2.05) is 12.1 Å². The van der Waals surface area contributed by atoms with Crippen LogP contribution in [0.15, 0.2) is 35.4 Å². The molecule has 1 aliphatic carbocycles. The van der Waals surface area contributed by atoms with Crippen LogP contribution in [0.25, 0.3) is 0 Å². The molecule has 0 fully saturated rings. The highest BCUT2D eigenvalue weighted by Crippen LogP contribution is 2.39. The van der Waals surface area contributed by atoms with E-state index in [9.17, 15) is 4.79 Å². The third kappa shape index (κ3) is 1.66. The fourth-order valence-electron chi connectivity index (χ4n) is 4.02. The number of carbonyl (C=O) groups excluding carboxylic acids is 1. The van der Waals surface area contributed by atoms with Crippen molar-refractivity contribution in [3.05, 3.63) is 46.5 Å². The average Bonchev–Trinajstić information content (AvgIpc) is 2.47. The third-order valence-electron chi connectivity index (χ3n) is 4.98. The van der Waals surface area contributed by atoms with E-state index in [1.54, 1.807) is 11.1 Å². The van der Waals surface area contributed by atoms with Gasteiger partial charge < -0.3 is 4.90 Å². The first-order valence-corrected chi connectivity index (χ1v) is 7.44. The standard InChI is InChI=1S/C17H19NO/c19-17-15-8-4-2-6-13(15)11-16-14-7-3-1-5-12(14)9-10-18(16)17/h2,4,6,8,16H,1,3,5,7,9-11H2. The fourth-order valence-corrected chi connectivity index (χ4v) is 4.02. The molecule has 19 heavy (non-hydrogen) atoms. The maximum absolute atomic E-state index is 12.6. The van der Waals surface area contributed by atoms with Crippen LogP contribution in [-0.2, 0) is 6.42 Å². The number of amides is 1. The molecule has 0 spiro atoms. The van der Waals surface area contributed by atoms with E-state index in [0.717, 1.165) is 24.9 Å². The third-order valence-corrected chi connectivity index (χ3v) is 4.98. The van der Waals surface area contributed by atoms with Crippen molar-refractivity contribution in [2.45, 2.75) is 44.6 Å².